The van der Waals surface area contributed by atoms with Gasteiger partial charge in [0.1, 0.15) is 30.3 Å². The highest BCUT2D eigenvalue weighted by atomic mass is 35.5. The minimum atomic E-state index is -0.486. The number of aromatic nitrogens is 3. The van der Waals surface area contributed by atoms with Crippen molar-refractivity contribution in [3.05, 3.63) is 94.4 Å². The lowest BCUT2D eigenvalue weighted by Crippen LogP contribution is -2.12. The van der Waals surface area contributed by atoms with Crippen LogP contribution in [0.15, 0.2) is 65.3 Å². The van der Waals surface area contributed by atoms with Crippen LogP contribution in [0.1, 0.15) is 27.4 Å². The van der Waals surface area contributed by atoms with Crippen LogP contribution in [0.5, 0.6) is 5.75 Å². The number of nitrogens with zero attached hydrogens (tertiary/aromatic N) is 3. The van der Waals surface area contributed by atoms with E-state index in [1.807, 2.05) is 31.2 Å². The van der Waals surface area contributed by atoms with E-state index in [9.17, 15) is 9.18 Å². The molecule has 0 bridgehead atoms. The zero-order valence-electron chi connectivity index (χ0n) is 16.5. The number of aryl methyl sites for hydroxylation is 1. The molecule has 2 aromatic carbocycles. The van der Waals surface area contributed by atoms with Crippen LogP contribution < -0.4 is 10.1 Å². The van der Waals surface area contributed by atoms with Gasteiger partial charge in [0, 0.05) is 0 Å². The van der Waals surface area contributed by atoms with Crippen LogP contribution in [0.3, 0.4) is 0 Å². The number of halogens is 2. The van der Waals surface area contributed by atoms with Gasteiger partial charge < -0.3 is 9.15 Å². The van der Waals surface area contributed by atoms with Crippen molar-refractivity contribution in [3.8, 4) is 5.75 Å². The largest absolute Gasteiger partial charge is 0.484 e. The van der Waals surface area contributed by atoms with Crippen LogP contribution in [-0.4, -0.2) is 20.7 Å². The highest BCUT2D eigenvalue weighted by molar-refractivity contribution is 6.32. The van der Waals surface area contributed by atoms with Gasteiger partial charge in [0.15, 0.2) is 5.76 Å². The van der Waals surface area contributed by atoms with Crippen molar-refractivity contribution >= 4 is 23.5 Å². The van der Waals surface area contributed by atoms with Gasteiger partial charge in [-0.2, -0.15) is 0 Å². The Morgan fingerprint density at radius 1 is 1.23 bits per heavy atom. The Hall–Kier alpha value is -3.65. The summed E-state index contributed by atoms with van der Waals surface area (Å²) in [6.07, 6.45) is 1.55. The first-order valence-electron chi connectivity index (χ1n) is 9.40. The third-order valence-corrected chi connectivity index (χ3v) is 4.80. The summed E-state index contributed by atoms with van der Waals surface area (Å²) >= 11 is 5.93. The summed E-state index contributed by atoms with van der Waals surface area (Å²) < 4.78 is 25.8. The number of rotatable bonds is 7. The number of benzene rings is 2. The fourth-order valence-corrected chi connectivity index (χ4v) is 3.09. The summed E-state index contributed by atoms with van der Waals surface area (Å²) in [7, 11) is 0. The average molecular weight is 441 g/mol. The summed E-state index contributed by atoms with van der Waals surface area (Å²) in [6, 6.07) is 14.9. The second-order valence-corrected chi connectivity index (χ2v) is 7.18. The van der Waals surface area contributed by atoms with E-state index >= 15 is 0 Å². The van der Waals surface area contributed by atoms with Gasteiger partial charge in [-0.05, 0) is 48.4 Å². The van der Waals surface area contributed by atoms with Crippen molar-refractivity contribution in [2.75, 3.05) is 5.32 Å². The molecule has 0 unspecified atom stereocenters. The number of furan rings is 1. The molecule has 0 saturated heterocycles. The molecular weight excluding hydrogens is 423 g/mol. The molecule has 2 aromatic heterocycles. The molecule has 31 heavy (non-hydrogen) atoms. The summed E-state index contributed by atoms with van der Waals surface area (Å²) in [5, 5.41) is 7.03. The number of carbonyl (C=O) groups excluding carboxylic acids is 1. The Balaban J connectivity index is 1.35. The summed E-state index contributed by atoms with van der Waals surface area (Å²) in [5.41, 5.74) is 2.26. The lowest BCUT2D eigenvalue weighted by molar-refractivity contribution is 0.0991. The van der Waals surface area contributed by atoms with Crippen molar-refractivity contribution in [1.29, 1.82) is 0 Å². The molecule has 1 N–H and O–H groups in total. The van der Waals surface area contributed by atoms with Crippen LogP contribution in [-0.2, 0) is 13.2 Å². The minimum absolute atomic E-state index is 0.0297. The van der Waals surface area contributed by atoms with E-state index in [2.05, 4.69) is 15.4 Å². The fraction of sp³-hybridized carbons (Fsp3) is 0.136. The summed E-state index contributed by atoms with van der Waals surface area (Å²) in [6.45, 7) is 2.60. The molecule has 0 saturated carbocycles. The molecule has 0 radical (unpaired) electrons. The Morgan fingerprint density at radius 3 is 2.87 bits per heavy atom. The number of amides is 1. The van der Waals surface area contributed by atoms with E-state index in [0.717, 1.165) is 17.2 Å². The van der Waals surface area contributed by atoms with E-state index in [1.54, 1.807) is 17.1 Å². The van der Waals surface area contributed by atoms with Crippen LogP contribution >= 0.6 is 11.6 Å². The normalized spacial score (nSPS) is 10.8. The first-order valence-corrected chi connectivity index (χ1v) is 9.77. The van der Waals surface area contributed by atoms with Gasteiger partial charge in [-0.1, -0.05) is 35.9 Å². The van der Waals surface area contributed by atoms with Gasteiger partial charge in [-0.15, -0.1) is 5.10 Å². The van der Waals surface area contributed by atoms with Crippen LogP contribution in [0.4, 0.5) is 10.3 Å². The van der Waals surface area contributed by atoms with E-state index in [-0.39, 0.29) is 23.3 Å². The van der Waals surface area contributed by atoms with Gasteiger partial charge in [0.25, 0.3) is 5.91 Å². The molecule has 0 spiro atoms. The molecule has 9 heteroatoms. The fourth-order valence-electron chi connectivity index (χ4n) is 2.87. The molecule has 4 aromatic rings. The molecule has 158 valence electrons. The molecule has 7 nitrogen and oxygen atoms in total. The number of hydrogen-bond acceptors (Lipinski definition) is 5. The van der Waals surface area contributed by atoms with Crippen LogP contribution in [0.2, 0.25) is 5.02 Å². The third kappa shape index (κ3) is 5.10. The van der Waals surface area contributed by atoms with Crippen LogP contribution in [0.25, 0.3) is 0 Å². The highest BCUT2D eigenvalue weighted by Crippen LogP contribution is 2.26. The molecule has 0 atom stereocenters. The molecular formula is C22H18ClFN4O3. The lowest BCUT2D eigenvalue weighted by Gasteiger charge is -2.06. The van der Waals surface area contributed by atoms with E-state index in [4.69, 9.17) is 20.8 Å². The maximum Gasteiger partial charge on any atom is 0.293 e. The Morgan fingerprint density at radius 2 is 2.06 bits per heavy atom. The molecule has 2 heterocycles. The van der Waals surface area contributed by atoms with Gasteiger partial charge in [0.2, 0.25) is 5.95 Å². The third-order valence-electron chi connectivity index (χ3n) is 4.50. The minimum Gasteiger partial charge on any atom is -0.484 e. The second kappa shape index (κ2) is 9.01. The summed E-state index contributed by atoms with van der Waals surface area (Å²) in [4.78, 5) is 16.5. The maximum absolute atomic E-state index is 13.1. The zero-order chi connectivity index (χ0) is 21.8. The number of hydrogen-bond donors (Lipinski definition) is 1. The first kappa shape index (κ1) is 20.6. The number of carbonyl (C=O) groups is 1. The molecule has 0 aliphatic carbocycles. The van der Waals surface area contributed by atoms with Gasteiger partial charge in [-0.3, -0.25) is 10.1 Å². The first-order chi connectivity index (χ1) is 15.0. The zero-order valence-corrected chi connectivity index (χ0v) is 17.3. The highest BCUT2D eigenvalue weighted by Gasteiger charge is 2.15. The van der Waals surface area contributed by atoms with E-state index < -0.39 is 11.7 Å². The van der Waals surface area contributed by atoms with E-state index in [1.165, 1.54) is 18.2 Å². The van der Waals surface area contributed by atoms with E-state index in [0.29, 0.717) is 18.1 Å². The monoisotopic (exact) mass is 440 g/mol. The lowest BCUT2D eigenvalue weighted by atomic mass is 10.1. The SMILES string of the molecule is Cc1ccccc1Cn1cnc(NC(=O)c2ccc(COc3ccc(F)cc3Cl)o2)n1. The standard InChI is InChI=1S/C22H18ClFN4O3/c1-14-4-2-3-5-15(14)11-28-13-25-22(27-28)26-21(29)20-9-7-17(31-20)12-30-19-8-6-16(24)10-18(19)23/h2-10,13H,11-12H2,1H3,(H,26,27,29). The van der Waals surface area contributed by atoms with Gasteiger partial charge >= 0.3 is 0 Å². The van der Waals surface area contributed by atoms with Crippen molar-refractivity contribution in [2.45, 2.75) is 20.1 Å². The van der Waals surface area contributed by atoms with Crippen molar-refractivity contribution in [3.63, 3.8) is 0 Å². The number of anilines is 1. The number of ether oxygens (including phenoxy) is 1. The van der Waals surface area contributed by atoms with Gasteiger partial charge in [-0.25, -0.2) is 14.1 Å². The number of nitrogens with one attached hydrogen (secondary N) is 1. The molecule has 0 fully saturated rings. The Labute approximate surface area is 182 Å². The molecule has 4 rings (SSSR count). The Kier molecular flexibility index (Phi) is 5.99. The average Bonchev–Trinajstić information content (AvgIpc) is 3.39. The molecule has 0 aliphatic rings. The Bertz CT molecular complexity index is 1220. The van der Waals surface area contributed by atoms with Gasteiger partial charge in [0.05, 0.1) is 11.6 Å². The molecule has 0 aliphatic heterocycles. The maximum atomic E-state index is 13.1. The quantitative estimate of drug-likeness (QED) is 0.444. The smallest absolute Gasteiger partial charge is 0.293 e. The van der Waals surface area contributed by atoms with Crippen LogP contribution in [0, 0.1) is 12.7 Å². The topological polar surface area (TPSA) is 82.2 Å². The molecule has 1 amide bonds. The van der Waals surface area contributed by atoms with Crippen molar-refractivity contribution in [2.24, 2.45) is 0 Å². The van der Waals surface area contributed by atoms with Crippen molar-refractivity contribution in [1.82, 2.24) is 14.8 Å². The second-order valence-electron chi connectivity index (χ2n) is 6.78. The predicted octanol–water partition coefficient (Wildman–Crippen LogP) is 4.85. The predicted molar refractivity (Wildman–Crippen MR) is 113 cm³/mol. The van der Waals surface area contributed by atoms with Crippen molar-refractivity contribution < 1.29 is 18.3 Å². The summed E-state index contributed by atoms with van der Waals surface area (Å²) in [5.74, 6) is 0.0337.